The summed E-state index contributed by atoms with van der Waals surface area (Å²) < 4.78 is 4.85. The first-order valence-electron chi connectivity index (χ1n) is 5.28. The quantitative estimate of drug-likeness (QED) is 0.860. The summed E-state index contributed by atoms with van der Waals surface area (Å²) in [4.78, 5) is 11.6. The van der Waals surface area contributed by atoms with Gasteiger partial charge in [0.25, 0.3) is 5.91 Å². The van der Waals surface area contributed by atoms with Crippen molar-refractivity contribution in [2.45, 2.75) is 25.7 Å². The maximum atomic E-state index is 11.6. The average Bonchev–Trinajstić information content (AvgIpc) is 2.55. The minimum atomic E-state index is -0.145. The zero-order valence-corrected chi connectivity index (χ0v) is 9.22. The Bertz CT molecular complexity index is 344. The number of carbonyl (C=O) groups excluding carboxylic acids is 1. The molecule has 1 aromatic rings. The van der Waals surface area contributed by atoms with Gasteiger partial charge in [0.2, 0.25) is 5.22 Å². The summed E-state index contributed by atoms with van der Waals surface area (Å²) >= 11 is 5.69. The maximum Gasteiger partial charge on any atom is 0.256 e. The fourth-order valence-corrected chi connectivity index (χ4v) is 1.92. The van der Waals surface area contributed by atoms with E-state index in [9.17, 15) is 4.79 Å². The molecule has 0 aliphatic heterocycles. The molecule has 3 nitrogen and oxygen atoms in total. The van der Waals surface area contributed by atoms with E-state index in [1.807, 2.05) is 0 Å². The largest absolute Gasteiger partial charge is 0.452 e. The highest BCUT2D eigenvalue weighted by atomic mass is 35.5. The molecule has 0 aromatic carbocycles. The summed E-state index contributed by atoms with van der Waals surface area (Å²) in [6.07, 6.45) is 6.45. The monoisotopic (exact) mass is 227 g/mol. The number of carbonyl (C=O) groups is 1. The summed E-state index contributed by atoms with van der Waals surface area (Å²) in [5, 5.41) is 3.00. The first-order valence-corrected chi connectivity index (χ1v) is 5.66. The molecule has 0 unspecified atom stereocenters. The van der Waals surface area contributed by atoms with Gasteiger partial charge in [-0.05, 0) is 30.0 Å². The summed E-state index contributed by atoms with van der Waals surface area (Å²) in [7, 11) is 0. The Morgan fingerprint density at radius 1 is 1.60 bits per heavy atom. The number of hydrogen-bond acceptors (Lipinski definition) is 2. The van der Waals surface area contributed by atoms with Gasteiger partial charge in [0.15, 0.2) is 0 Å². The molecule has 1 aliphatic rings. The fraction of sp³-hybridized carbons (Fsp3) is 0.545. The molecular formula is C11H14ClNO2. The second-order valence-electron chi connectivity index (χ2n) is 3.95. The van der Waals surface area contributed by atoms with Crippen molar-refractivity contribution in [1.29, 1.82) is 0 Å². The van der Waals surface area contributed by atoms with Crippen molar-refractivity contribution in [3.63, 3.8) is 0 Å². The Balaban J connectivity index is 1.74. The summed E-state index contributed by atoms with van der Waals surface area (Å²) in [5.74, 6) is 0.665. The van der Waals surface area contributed by atoms with Gasteiger partial charge in [-0.1, -0.05) is 19.3 Å². The van der Waals surface area contributed by atoms with Crippen LogP contribution in [0.3, 0.4) is 0 Å². The minimum Gasteiger partial charge on any atom is -0.452 e. The van der Waals surface area contributed by atoms with Crippen molar-refractivity contribution >= 4 is 17.5 Å². The van der Waals surface area contributed by atoms with Crippen LogP contribution < -0.4 is 5.32 Å². The van der Waals surface area contributed by atoms with Crippen LogP contribution in [0.15, 0.2) is 16.7 Å². The van der Waals surface area contributed by atoms with Crippen molar-refractivity contribution < 1.29 is 9.21 Å². The van der Waals surface area contributed by atoms with Crippen molar-refractivity contribution in [1.82, 2.24) is 5.32 Å². The number of halogens is 1. The van der Waals surface area contributed by atoms with E-state index in [4.69, 9.17) is 16.0 Å². The molecule has 1 aliphatic carbocycles. The first kappa shape index (κ1) is 10.6. The molecule has 15 heavy (non-hydrogen) atoms. The number of rotatable bonds is 4. The van der Waals surface area contributed by atoms with Crippen LogP contribution in [0.5, 0.6) is 0 Å². The van der Waals surface area contributed by atoms with E-state index in [2.05, 4.69) is 5.32 Å². The predicted molar refractivity (Wildman–Crippen MR) is 58.0 cm³/mol. The van der Waals surface area contributed by atoms with Crippen molar-refractivity contribution in [3.05, 3.63) is 23.1 Å². The molecule has 4 heteroatoms. The van der Waals surface area contributed by atoms with Gasteiger partial charge in [-0.2, -0.15) is 0 Å². The van der Waals surface area contributed by atoms with Crippen LogP contribution in [0.4, 0.5) is 0 Å². The van der Waals surface area contributed by atoms with E-state index in [0.717, 1.165) is 18.9 Å². The second kappa shape index (κ2) is 4.71. The van der Waals surface area contributed by atoms with E-state index in [1.165, 1.54) is 25.5 Å². The smallest absolute Gasteiger partial charge is 0.256 e. The highest BCUT2D eigenvalue weighted by Crippen LogP contribution is 2.28. The predicted octanol–water partition coefficient (Wildman–Crippen LogP) is 2.85. The van der Waals surface area contributed by atoms with Crippen LogP contribution in [0.1, 0.15) is 36.0 Å². The average molecular weight is 228 g/mol. The Kier molecular flexibility index (Phi) is 3.31. The molecule has 1 saturated carbocycles. The number of nitrogens with one attached hydrogen (secondary N) is 1. The van der Waals surface area contributed by atoms with Crippen LogP contribution in [0.25, 0.3) is 0 Å². The van der Waals surface area contributed by atoms with E-state index in [0.29, 0.717) is 5.56 Å². The standard InChI is InChI=1S/C11H14ClNO2/c12-10-9(5-7-15-10)11(14)13-6-4-8-2-1-3-8/h5,7-8H,1-4,6H2,(H,13,14). The fourth-order valence-electron chi connectivity index (χ4n) is 1.72. The topological polar surface area (TPSA) is 42.2 Å². The lowest BCUT2D eigenvalue weighted by Gasteiger charge is -2.25. The molecule has 1 heterocycles. The lowest BCUT2D eigenvalue weighted by molar-refractivity contribution is 0.0948. The maximum absolute atomic E-state index is 11.6. The van der Waals surface area contributed by atoms with E-state index < -0.39 is 0 Å². The van der Waals surface area contributed by atoms with Gasteiger partial charge in [-0.25, -0.2) is 0 Å². The van der Waals surface area contributed by atoms with Gasteiger partial charge in [-0.15, -0.1) is 0 Å². The molecule has 2 rings (SSSR count). The van der Waals surface area contributed by atoms with Gasteiger partial charge in [0.1, 0.15) is 0 Å². The van der Waals surface area contributed by atoms with Crippen molar-refractivity contribution in [2.75, 3.05) is 6.54 Å². The van der Waals surface area contributed by atoms with Gasteiger partial charge < -0.3 is 9.73 Å². The van der Waals surface area contributed by atoms with E-state index >= 15 is 0 Å². The van der Waals surface area contributed by atoms with Gasteiger partial charge in [0, 0.05) is 6.54 Å². The highest BCUT2D eigenvalue weighted by Gasteiger charge is 2.18. The zero-order chi connectivity index (χ0) is 10.7. The van der Waals surface area contributed by atoms with Crippen LogP contribution in [0, 0.1) is 5.92 Å². The normalized spacial score (nSPS) is 16.1. The van der Waals surface area contributed by atoms with Crippen LogP contribution >= 0.6 is 11.6 Å². The molecule has 1 aromatic heterocycles. The van der Waals surface area contributed by atoms with Crippen LogP contribution in [-0.4, -0.2) is 12.5 Å². The van der Waals surface area contributed by atoms with Gasteiger partial charge in [-0.3, -0.25) is 4.79 Å². The number of amides is 1. The Hall–Kier alpha value is -0.960. The van der Waals surface area contributed by atoms with Crippen molar-refractivity contribution in [2.24, 2.45) is 5.92 Å². The molecule has 1 amide bonds. The van der Waals surface area contributed by atoms with Crippen LogP contribution in [0.2, 0.25) is 5.22 Å². The third-order valence-electron chi connectivity index (χ3n) is 2.93. The van der Waals surface area contributed by atoms with E-state index in [1.54, 1.807) is 6.07 Å². The molecule has 0 bridgehead atoms. The van der Waals surface area contributed by atoms with Gasteiger partial charge >= 0.3 is 0 Å². The second-order valence-corrected chi connectivity index (χ2v) is 4.29. The molecular weight excluding hydrogens is 214 g/mol. The molecule has 1 N–H and O–H groups in total. The van der Waals surface area contributed by atoms with Gasteiger partial charge in [0.05, 0.1) is 11.8 Å². The first-order chi connectivity index (χ1) is 7.27. The Morgan fingerprint density at radius 2 is 2.40 bits per heavy atom. The molecule has 1 fully saturated rings. The lowest BCUT2D eigenvalue weighted by atomic mass is 9.83. The highest BCUT2D eigenvalue weighted by molar-refractivity contribution is 6.32. The number of hydrogen-bond donors (Lipinski definition) is 1. The minimum absolute atomic E-state index is 0.145. The summed E-state index contributed by atoms with van der Waals surface area (Å²) in [5.41, 5.74) is 0.422. The SMILES string of the molecule is O=C(NCCC1CCC1)c1ccoc1Cl. The van der Waals surface area contributed by atoms with Crippen LogP contribution in [-0.2, 0) is 0 Å². The Labute approximate surface area is 93.8 Å². The summed E-state index contributed by atoms with van der Waals surface area (Å²) in [6.45, 7) is 0.727. The lowest BCUT2D eigenvalue weighted by Crippen LogP contribution is -2.27. The third-order valence-corrected chi connectivity index (χ3v) is 3.22. The number of furan rings is 1. The molecule has 82 valence electrons. The van der Waals surface area contributed by atoms with E-state index in [-0.39, 0.29) is 11.1 Å². The Morgan fingerprint density at radius 3 is 2.93 bits per heavy atom. The third kappa shape index (κ3) is 2.53. The van der Waals surface area contributed by atoms with Crippen molar-refractivity contribution in [3.8, 4) is 0 Å². The molecule has 0 spiro atoms. The molecule has 0 saturated heterocycles. The molecule has 0 radical (unpaired) electrons. The zero-order valence-electron chi connectivity index (χ0n) is 8.46. The molecule has 0 atom stereocenters. The summed E-state index contributed by atoms with van der Waals surface area (Å²) in [6, 6.07) is 1.58.